The maximum atomic E-state index is 5.87. The predicted octanol–water partition coefficient (Wildman–Crippen LogP) is 4.46. The number of nitrogens with one attached hydrogen (secondary N) is 2. The van der Waals surface area contributed by atoms with Crippen molar-refractivity contribution in [2.75, 3.05) is 6.61 Å². The summed E-state index contributed by atoms with van der Waals surface area (Å²) in [6, 6.07) is 15.9. The molecule has 0 unspecified atom stereocenters. The van der Waals surface area contributed by atoms with Crippen molar-refractivity contribution in [1.29, 1.82) is 0 Å². The number of benzene rings is 2. The molecule has 0 heterocycles. The third-order valence-electron chi connectivity index (χ3n) is 3.41. The molecule has 0 bridgehead atoms. The zero-order chi connectivity index (χ0) is 16.7. The molecule has 3 nitrogen and oxygen atoms in total. The van der Waals surface area contributed by atoms with Crippen molar-refractivity contribution in [3.8, 4) is 5.75 Å². The Kier molecular flexibility index (Phi) is 6.68. The van der Waals surface area contributed by atoms with E-state index in [1.54, 1.807) is 0 Å². The first kappa shape index (κ1) is 17.6. The third kappa shape index (κ3) is 5.73. The quantitative estimate of drug-likeness (QED) is 0.755. The van der Waals surface area contributed by atoms with Crippen LogP contribution < -0.4 is 15.4 Å². The van der Waals surface area contributed by atoms with Gasteiger partial charge in [0, 0.05) is 11.6 Å². The van der Waals surface area contributed by atoms with Gasteiger partial charge in [0.25, 0.3) is 0 Å². The number of hydrogen-bond acceptors (Lipinski definition) is 2. The van der Waals surface area contributed by atoms with Crippen molar-refractivity contribution < 1.29 is 4.74 Å². The van der Waals surface area contributed by atoms with E-state index in [1.165, 1.54) is 0 Å². The first-order valence-corrected chi connectivity index (χ1v) is 8.38. The molecule has 23 heavy (non-hydrogen) atoms. The van der Waals surface area contributed by atoms with E-state index in [9.17, 15) is 0 Å². The molecule has 2 aromatic carbocycles. The maximum Gasteiger partial charge on any atom is 0.167 e. The molecule has 0 spiro atoms. The van der Waals surface area contributed by atoms with Crippen LogP contribution in [0.25, 0.3) is 0 Å². The summed E-state index contributed by atoms with van der Waals surface area (Å²) in [5.41, 5.74) is 2.29. The minimum Gasteiger partial charge on any atom is -0.494 e. The second kappa shape index (κ2) is 8.75. The van der Waals surface area contributed by atoms with Gasteiger partial charge in [-0.2, -0.15) is 0 Å². The van der Waals surface area contributed by atoms with Gasteiger partial charge in [-0.1, -0.05) is 35.9 Å². The summed E-state index contributed by atoms with van der Waals surface area (Å²) in [5, 5.41) is 7.85. The van der Waals surface area contributed by atoms with Gasteiger partial charge in [-0.25, -0.2) is 0 Å². The van der Waals surface area contributed by atoms with Crippen LogP contribution >= 0.6 is 23.8 Å². The second-order valence-corrected chi connectivity index (χ2v) is 6.02. The van der Waals surface area contributed by atoms with Crippen molar-refractivity contribution in [3.05, 3.63) is 64.7 Å². The Labute approximate surface area is 148 Å². The molecule has 0 saturated carbocycles. The summed E-state index contributed by atoms with van der Waals surface area (Å²) < 4.78 is 5.45. The molecular formula is C18H21ClN2OS. The molecule has 0 aliphatic rings. The number of thiocarbonyl (C=S) groups is 1. The van der Waals surface area contributed by atoms with Gasteiger partial charge in [-0.3, -0.25) is 0 Å². The highest BCUT2D eigenvalue weighted by atomic mass is 35.5. The zero-order valence-electron chi connectivity index (χ0n) is 13.3. The van der Waals surface area contributed by atoms with Crippen molar-refractivity contribution >= 4 is 28.9 Å². The minimum absolute atomic E-state index is 0.121. The van der Waals surface area contributed by atoms with Gasteiger partial charge >= 0.3 is 0 Å². The molecule has 0 aromatic heterocycles. The Morgan fingerprint density at radius 1 is 1.13 bits per heavy atom. The Morgan fingerprint density at radius 3 is 2.39 bits per heavy atom. The van der Waals surface area contributed by atoms with Gasteiger partial charge in [0.2, 0.25) is 0 Å². The SMILES string of the molecule is CCOc1ccc([C@H](C)NC(=S)NCc2ccc(Cl)cc2)cc1. The van der Waals surface area contributed by atoms with Gasteiger partial charge in [-0.15, -0.1) is 0 Å². The molecule has 0 amide bonds. The number of rotatable bonds is 6. The molecule has 2 rings (SSSR count). The molecule has 1 atom stereocenters. The molecular weight excluding hydrogens is 328 g/mol. The van der Waals surface area contributed by atoms with E-state index in [-0.39, 0.29) is 6.04 Å². The molecule has 0 radical (unpaired) electrons. The van der Waals surface area contributed by atoms with Crippen LogP contribution in [0.3, 0.4) is 0 Å². The Balaban J connectivity index is 1.82. The van der Waals surface area contributed by atoms with E-state index in [0.717, 1.165) is 21.9 Å². The van der Waals surface area contributed by atoms with E-state index in [2.05, 4.69) is 17.6 Å². The average Bonchev–Trinajstić information content (AvgIpc) is 2.55. The van der Waals surface area contributed by atoms with E-state index < -0.39 is 0 Å². The molecule has 0 fully saturated rings. The first-order chi connectivity index (χ1) is 11.1. The smallest absolute Gasteiger partial charge is 0.167 e. The van der Waals surface area contributed by atoms with Crippen LogP contribution in [-0.4, -0.2) is 11.7 Å². The maximum absolute atomic E-state index is 5.87. The summed E-state index contributed by atoms with van der Waals surface area (Å²) >= 11 is 11.2. The molecule has 122 valence electrons. The van der Waals surface area contributed by atoms with E-state index in [1.807, 2.05) is 55.5 Å². The van der Waals surface area contributed by atoms with Crippen molar-refractivity contribution in [1.82, 2.24) is 10.6 Å². The number of hydrogen-bond donors (Lipinski definition) is 2. The minimum atomic E-state index is 0.121. The predicted molar refractivity (Wildman–Crippen MR) is 100 cm³/mol. The van der Waals surface area contributed by atoms with Crippen molar-refractivity contribution in [3.63, 3.8) is 0 Å². The lowest BCUT2D eigenvalue weighted by Crippen LogP contribution is -2.36. The van der Waals surface area contributed by atoms with Crippen LogP contribution in [0.2, 0.25) is 5.02 Å². The lowest BCUT2D eigenvalue weighted by atomic mass is 10.1. The monoisotopic (exact) mass is 348 g/mol. The van der Waals surface area contributed by atoms with E-state index in [0.29, 0.717) is 18.3 Å². The van der Waals surface area contributed by atoms with Gasteiger partial charge in [0.1, 0.15) is 5.75 Å². The summed E-state index contributed by atoms with van der Waals surface area (Å²) in [4.78, 5) is 0. The van der Waals surface area contributed by atoms with Crippen molar-refractivity contribution in [2.24, 2.45) is 0 Å². The largest absolute Gasteiger partial charge is 0.494 e. The van der Waals surface area contributed by atoms with Crippen LogP contribution in [0.4, 0.5) is 0 Å². The van der Waals surface area contributed by atoms with Crippen LogP contribution in [0.1, 0.15) is 31.0 Å². The molecule has 5 heteroatoms. The Morgan fingerprint density at radius 2 is 1.78 bits per heavy atom. The topological polar surface area (TPSA) is 33.3 Å². The lowest BCUT2D eigenvalue weighted by molar-refractivity contribution is 0.340. The standard InChI is InChI=1S/C18H21ClN2OS/c1-3-22-17-10-6-15(7-11-17)13(2)21-18(23)20-12-14-4-8-16(19)9-5-14/h4-11,13H,3,12H2,1-2H3,(H2,20,21,23)/t13-/m0/s1. The molecule has 0 aliphatic heterocycles. The fourth-order valence-electron chi connectivity index (χ4n) is 2.13. The van der Waals surface area contributed by atoms with Gasteiger partial charge in [0.05, 0.1) is 12.6 Å². The molecule has 2 N–H and O–H groups in total. The summed E-state index contributed by atoms with van der Waals surface area (Å²) in [5.74, 6) is 0.881. The number of halogens is 1. The van der Waals surface area contributed by atoms with Crippen molar-refractivity contribution in [2.45, 2.75) is 26.4 Å². The highest BCUT2D eigenvalue weighted by Crippen LogP contribution is 2.17. The second-order valence-electron chi connectivity index (χ2n) is 5.18. The van der Waals surface area contributed by atoms with Gasteiger partial charge < -0.3 is 15.4 Å². The summed E-state index contributed by atoms with van der Waals surface area (Å²) in [6.45, 7) is 5.39. The van der Waals surface area contributed by atoms with Gasteiger partial charge in [0.15, 0.2) is 5.11 Å². The Bertz CT molecular complexity index is 628. The highest BCUT2D eigenvalue weighted by molar-refractivity contribution is 7.80. The molecule has 0 aliphatic carbocycles. The Hall–Kier alpha value is -1.78. The fourth-order valence-corrected chi connectivity index (χ4v) is 2.51. The fraction of sp³-hybridized carbons (Fsp3) is 0.278. The van der Waals surface area contributed by atoms with E-state index in [4.69, 9.17) is 28.6 Å². The molecule has 0 saturated heterocycles. The van der Waals surface area contributed by atoms with Crippen LogP contribution in [0, 0.1) is 0 Å². The summed E-state index contributed by atoms with van der Waals surface area (Å²) in [7, 11) is 0. The van der Waals surface area contributed by atoms with E-state index >= 15 is 0 Å². The zero-order valence-corrected chi connectivity index (χ0v) is 14.9. The first-order valence-electron chi connectivity index (χ1n) is 7.60. The lowest BCUT2D eigenvalue weighted by Gasteiger charge is -2.18. The molecule has 2 aromatic rings. The van der Waals surface area contributed by atoms with Crippen LogP contribution in [0.15, 0.2) is 48.5 Å². The number of ether oxygens (including phenoxy) is 1. The van der Waals surface area contributed by atoms with Crippen LogP contribution in [-0.2, 0) is 6.54 Å². The average molecular weight is 349 g/mol. The van der Waals surface area contributed by atoms with Gasteiger partial charge in [-0.05, 0) is 61.5 Å². The summed E-state index contributed by atoms with van der Waals surface area (Å²) in [6.07, 6.45) is 0. The third-order valence-corrected chi connectivity index (χ3v) is 3.92. The highest BCUT2D eigenvalue weighted by Gasteiger charge is 2.07. The normalized spacial score (nSPS) is 11.6. The van der Waals surface area contributed by atoms with Crippen LogP contribution in [0.5, 0.6) is 5.75 Å².